The molecule has 0 atom stereocenters. The van der Waals surface area contributed by atoms with Gasteiger partial charge in [-0.05, 0) is 73.2 Å². The zero-order chi connectivity index (χ0) is 21.9. The Morgan fingerprint density at radius 2 is 1.59 bits per heavy atom. The van der Waals surface area contributed by atoms with Gasteiger partial charge >= 0.3 is 0 Å². The molecule has 0 saturated heterocycles. The normalized spacial score (nSPS) is 10.8. The number of hydrogen-bond acceptors (Lipinski definition) is 3. The fourth-order valence-electron chi connectivity index (χ4n) is 3.45. The molecule has 0 radical (unpaired) electrons. The lowest BCUT2D eigenvalue weighted by molar-refractivity contribution is 0.102. The molecule has 2 aromatic heterocycles. The van der Waals surface area contributed by atoms with Gasteiger partial charge in [0.1, 0.15) is 17.1 Å². The van der Waals surface area contributed by atoms with E-state index in [1.54, 1.807) is 24.3 Å². The summed E-state index contributed by atoms with van der Waals surface area (Å²) in [5.74, 6) is 1.26. The lowest BCUT2D eigenvalue weighted by Gasteiger charge is -2.08. The van der Waals surface area contributed by atoms with Crippen molar-refractivity contribution in [1.82, 2.24) is 9.38 Å². The molecular formula is C27H21N3O2. The van der Waals surface area contributed by atoms with Gasteiger partial charge in [-0.2, -0.15) is 0 Å². The highest BCUT2D eigenvalue weighted by molar-refractivity contribution is 6.04. The lowest BCUT2D eigenvalue weighted by Crippen LogP contribution is -2.11. The first kappa shape index (κ1) is 19.6. The van der Waals surface area contributed by atoms with Crippen LogP contribution in [-0.4, -0.2) is 15.3 Å². The van der Waals surface area contributed by atoms with Gasteiger partial charge in [-0.25, -0.2) is 4.98 Å². The lowest BCUT2D eigenvalue weighted by atomic mass is 10.1. The van der Waals surface area contributed by atoms with Crippen molar-refractivity contribution < 1.29 is 9.53 Å². The summed E-state index contributed by atoms with van der Waals surface area (Å²) in [5, 5.41) is 2.93. The number of aromatic nitrogens is 2. The van der Waals surface area contributed by atoms with Crippen molar-refractivity contribution >= 4 is 17.2 Å². The van der Waals surface area contributed by atoms with Crippen LogP contribution in [-0.2, 0) is 0 Å². The van der Waals surface area contributed by atoms with Crippen LogP contribution in [0.25, 0.3) is 16.9 Å². The van der Waals surface area contributed by atoms with Gasteiger partial charge in [0.2, 0.25) is 0 Å². The van der Waals surface area contributed by atoms with E-state index in [2.05, 4.69) is 23.3 Å². The topological polar surface area (TPSA) is 55.6 Å². The zero-order valence-electron chi connectivity index (χ0n) is 17.5. The third-order valence-electron chi connectivity index (χ3n) is 5.15. The highest BCUT2D eigenvalue weighted by atomic mass is 16.5. The van der Waals surface area contributed by atoms with Crippen LogP contribution in [0.1, 0.15) is 15.9 Å². The fraction of sp³-hybridized carbons (Fsp3) is 0.0370. The quantitative estimate of drug-likeness (QED) is 0.361. The molecule has 0 fully saturated rings. The van der Waals surface area contributed by atoms with Gasteiger partial charge in [-0.1, -0.05) is 30.3 Å². The van der Waals surface area contributed by atoms with Crippen molar-refractivity contribution in [3.8, 4) is 22.8 Å². The molecule has 0 spiro atoms. The Balaban J connectivity index is 1.26. The Morgan fingerprint density at radius 3 is 2.34 bits per heavy atom. The maximum atomic E-state index is 12.6. The summed E-state index contributed by atoms with van der Waals surface area (Å²) in [5.41, 5.74) is 5.26. The molecule has 5 heteroatoms. The van der Waals surface area contributed by atoms with Crippen molar-refractivity contribution in [3.63, 3.8) is 0 Å². The molecule has 1 amide bonds. The van der Waals surface area contributed by atoms with Crippen molar-refractivity contribution in [1.29, 1.82) is 0 Å². The largest absolute Gasteiger partial charge is 0.457 e. The number of nitrogens with one attached hydrogen (secondary N) is 1. The number of carbonyl (C=O) groups is 1. The van der Waals surface area contributed by atoms with E-state index in [-0.39, 0.29) is 5.91 Å². The number of carbonyl (C=O) groups excluding carboxylic acids is 1. The number of aryl methyl sites for hydroxylation is 1. The van der Waals surface area contributed by atoms with E-state index in [1.807, 2.05) is 77.5 Å². The molecule has 0 aliphatic rings. The smallest absolute Gasteiger partial charge is 0.255 e. The maximum Gasteiger partial charge on any atom is 0.255 e. The summed E-state index contributed by atoms with van der Waals surface area (Å²) >= 11 is 0. The van der Waals surface area contributed by atoms with E-state index in [4.69, 9.17) is 4.74 Å². The number of imidazole rings is 1. The number of fused-ring (bicyclic) bond motifs is 1. The first-order valence-corrected chi connectivity index (χ1v) is 10.3. The number of nitrogens with zero attached hydrogens (tertiary/aromatic N) is 2. The minimum Gasteiger partial charge on any atom is -0.457 e. The Hall–Kier alpha value is -4.38. The summed E-state index contributed by atoms with van der Waals surface area (Å²) in [6, 6.07) is 28.4. The van der Waals surface area contributed by atoms with Crippen molar-refractivity contribution in [2.45, 2.75) is 6.92 Å². The van der Waals surface area contributed by atoms with Crippen LogP contribution < -0.4 is 10.1 Å². The van der Waals surface area contributed by atoms with Crippen LogP contribution in [0.5, 0.6) is 11.5 Å². The average Bonchev–Trinajstić information content (AvgIpc) is 3.24. The van der Waals surface area contributed by atoms with Crippen LogP contribution in [0.15, 0.2) is 103 Å². The van der Waals surface area contributed by atoms with Crippen molar-refractivity contribution in [3.05, 3.63) is 115 Å². The molecule has 32 heavy (non-hydrogen) atoms. The van der Waals surface area contributed by atoms with Crippen molar-refractivity contribution in [2.75, 3.05) is 5.32 Å². The number of hydrogen-bond donors (Lipinski definition) is 1. The van der Waals surface area contributed by atoms with Crippen LogP contribution in [0.2, 0.25) is 0 Å². The van der Waals surface area contributed by atoms with E-state index < -0.39 is 0 Å². The SMILES string of the molecule is Cc1ccn2cc(-c3ccc(NC(=O)c4ccc(Oc5ccccc5)cc4)cc3)nc2c1. The van der Waals surface area contributed by atoms with Crippen LogP contribution in [0, 0.1) is 6.92 Å². The summed E-state index contributed by atoms with van der Waals surface area (Å²) < 4.78 is 7.78. The molecule has 5 nitrogen and oxygen atoms in total. The van der Waals surface area contributed by atoms with Gasteiger partial charge in [0.05, 0.1) is 5.69 Å². The number of rotatable bonds is 5. The molecule has 0 aliphatic heterocycles. The molecule has 0 unspecified atom stereocenters. The predicted octanol–water partition coefficient (Wildman–Crippen LogP) is 6.35. The van der Waals surface area contributed by atoms with E-state index in [0.29, 0.717) is 11.3 Å². The molecule has 1 N–H and O–H groups in total. The van der Waals surface area contributed by atoms with Gasteiger partial charge in [0.25, 0.3) is 5.91 Å². The number of anilines is 1. The summed E-state index contributed by atoms with van der Waals surface area (Å²) in [7, 11) is 0. The molecule has 5 aromatic rings. The Labute approximate surface area is 185 Å². The summed E-state index contributed by atoms with van der Waals surface area (Å²) in [6.45, 7) is 2.05. The second kappa shape index (κ2) is 8.40. The predicted molar refractivity (Wildman–Crippen MR) is 126 cm³/mol. The molecule has 156 valence electrons. The first-order chi connectivity index (χ1) is 15.6. The van der Waals surface area contributed by atoms with E-state index in [1.165, 1.54) is 5.56 Å². The molecule has 0 aliphatic carbocycles. The van der Waals surface area contributed by atoms with Gasteiger partial charge in [-0.15, -0.1) is 0 Å². The van der Waals surface area contributed by atoms with E-state index in [9.17, 15) is 4.79 Å². The van der Waals surface area contributed by atoms with Gasteiger partial charge in [0.15, 0.2) is 0 Å². The molecule has 3 aromatic carbocycles. The second-order valence-electron chi connectivity index (χ2n) is 7.57. The van der Waals surface area contributed by atoms with Gasteiger partial charge in [0, 0.05) is 29.2 Å². The van der Waals surface area contributed by atoms with Crippen molar-refractivity contribution in [2.24, 2.45) is 0 Å². The number of benzene rings is 3. The monoisotopic (exact) mass is 419 g/mol. The third kappa shape index (κ3) is 4.23. The standard InChI is InChI=1S/C27H21N3O2/c1-19-15-16-30-18-25(29-26(30)17-19)20-7-11-22(12-8-20)28-27(31)21-9-13-24(14-10-21)32-23-5-3-2-4-6-23/h2-18H,1H3,(H,28,31). The van der Waals surface area contributed by atoms with Crippen LogP contribution in [0.3, 0.4) is 0 Å². The Bertz CT molecular complexity index is 1370. The van der Waals surface area contributed by atoms with Crippen LogP contribution in [0.4, 0.5) is 5.69 Å². The van der Waals surface area contributed by atoms with E-state index >= 15 is 0 Å². The number of amides is 1. The zero-order valence-corrected chi connectivity index (χ0v) is 17.5. The number of pyridine rings is 1. The molecule has 0 saturated carbocycles. The average molecular weight is 419 g/mol. The van der Waals surface area contributed by atoms with Gasteiger partial charge < -0.3 is 14.5 Å². The van der Waals surface area contributed by atoms with Gasteiger partial charge in [-0.3, -0.25) is 4.79 Å². The summed E-state index contributed by atoms with van der Waals surface area (Å²) in [4.78, 5) is 17.3. The molecule has 0 bridgehead atoms. The minimum absolute atomic E-state index is 0.174. The second-order valence-corrected chi connectivity index (χ2v) is 7.57. The highest BCUT2D eigenvalue weighted by Crippen LogP contribution is 2.23. The van der Waals surface area contributed by atoms with Crippen LogP contribution >= 0.6 is 0 Å². The Morgan fingerprint density at radius 1 is 0.875 bits per heavy atom. The molecular weight excluding hydrogens is 398 g/mol. The highest BCUT2D eigenvalue weighted by Gasteiger charge is 2.09. The number of ether oxygens (including phenoxy) is 1. The first-order valence-electron chi connectivity index (χ1n) is 10.3. The third-order valence-corrected chi connectivity index (χ3v) is 5.15. The molecule has 2 heterocycles. The number of para-hydroxylation sites is 1. The minimum atomic E-state index is -0.174. The van der Waals surface area contributed by atoms with E-state index in [0.717, 1.165) is 28.3 Å². The summed E-state index contributed by atoms with van der Waals surface area (Å²) in [6.07, 6.45) is 4.01. The maximum absolute atomic E-state index is 12.6. The Kier molecular flexibility index (Phi) is 5.14. The molecule has 5 rings (SSSR count). The fourth-order valence-corrected chi connectivity index (χ4v) is 3.45.